The van der Waals surface area contributed by atoms with Crippen molar-refractivity contribution in [2.45, 2.75) is 25.3 Å². The Labute approximate surface area is 181 Å². The highest BCUT2D eigenvalue weighted by atomic mass is 16.7. The van der Waals surface area contributed by atoms with Crippen molar-refractivity contribution in [2.75, 3.05) is 51.1 Å². The average Bonchev–Trinajstić information content (AvgIpc) is 3.46. The summed E-state index contributed by atoms with van der Waals surface area (Å²) >= 11 is 0. The molecule has 162 valence electrons. The molecule has 1 aromatic carbocycles. The van der Waals surface area contributed by atoms with Crippen LogP contribution < -0.4 is 14.4 Å². The quantitative estimate of drug-likeness (QED) is 0.642. The van der Waals surface area contributed by atoms with Gasteiger partial charge in [-0.1, -0.05) is 6.07 Å². The molecule has 0 amide bonds. The number of benzene rings is 1. The van der Waals surface area contributed by atoms with Crippen LogP contribution >= 0.6 is 0 Å². The fourth-order valence-corrected chi connectivity index (χ4v) is 4.78. The molecule has 0 aliphatic carbocycles. The minimum absolute atomic E-state index is 0.317. The van der Waals surface area contributed by atoms with E-state index in [0.717, 1.165) is 81.7 Å². The summed E-state index contributed by atoms with van der Waals surface area (Å²) in [6.07, 6.45) is 4.39. The summed E-state index contributed by atoms with van der Waals surface area (Å²) in [5.74, 6) is 3.00. The predicted molar refractivity (Wildman–Crippen MR) is 116 cm³/mol. The molecule has 0 bridgehead atoms. The average molecular weight is 422 g/mol. The molecule has 8 heteroatoms. The van der Waals surface area contributed by atoms with Gasteiger partial charge >= 0.3 is 0 Å². The normalized spacial score (nSPS) is 21.7. The summed E-state index contributed by atoms with van der Waals surface area (Å²) in [5, 5.41) is 4.87. The summed E-state index contributed by atoms with van der Waals surface area (Å²) in [6.45, 7) is 6.69. The lowest BCUT2D eigenvalue weighted by atomic mass is 9.97. The smallest absolute Gasteiger partial charge is 0.231 e. The molecule has 3 aromatic rings. The van der Waals surface area contributed by atoms with E-state index in [-0.39, 0.29) is 0 Å². The van der Waals surface area contributed by atoms with Gasteiger partial charge in [-0.2, -0.15) is 5.10 Å². The van der Waals surface area contributed by atoms with E-state index in [2.05, 4.69) is 40.3 Å². The lowest BCUT2D eigenvalue weighted by Gasteiger charge is -2.31. The molecule has 3 aliphatic heterocycles. The van der Waals surface area contributed by atoms with Crippen LogP contribution in [-0.4, -0.2) is 65.7 Å². The molecule has 0 unspecified atom stereocenters. The Kier molecular flexibility index (Phi) is 4.88. The van der Waals surface area contributed by atoms with Crippen LogP contribution in [0.4, 0.5) is 5.69 Å². The third-order valence-corrected chi connectivity index (χ3v) is 6.42. The van der Waals surface area contributed by atoms with Crippen molar-refractivity contribution in [3.63, 3.8) is 0 Å². The van der Waals surface area contributed by atoms with E-state index < -0.39 is 0 Å². The minimum atomic E-state index is 0.317. The van der Waals surface area contributed by atoms with Gasteiger partial charge < -0.3 is 19.1 Å². The maximum atomic E-state index is 5.53. The van der Waals surface area contributed by atoms with Gasteiger partial charge in [0.25, 0.3) is 0 Å². The van der Waals surface area contributed by atoms with Gasteiger partial charge in [0.1, 0.15) is 0 Å². The summed E-state index contributed by atoms with van der Waals surface area (Å²) < 4.78 is 18.4. The van der Waals surface area contributed by atoms with Crippen LogP contribution in [0.15, 0.2) is 36.5 Å². The number of morpholine rings is 1. The number of rotatable bonds is 4. The lowest BCUT2D eigenvalue weighted by Crippen LogP contribution is -2.36. The Morgan fingerprint density at radius 2 is 1.90 bits per heavy atom. The molecule has 0 N–H and O–H groups in total. The van der Waals surface area contributed by atoms with E-state index >= 15 is 0 Å². The molecule has 31 heavy (non-hydrogen) atoms. The van der Waals surface area contributed by atoms with Crippen LogP contribution in [-0.2, 0) is 11.3 Å². The maximum absolute atomic E-state index is 5.53. The van der Waals surface area contributed by atoms with E-state index in [1.54, 1.807) is 0 Å². The fraction of sp³-hybridized carbons (Fsp3) is 0.478. The summed E-state index contributed by atoms with van der Waals surface area (Å²) in [5.41, 5.74) is 3.35. The first kappa shape index (κ1) is 18.9. The second-order valence-corrected chi connectivity index (χ2v) is 8.52. The largest absolute Gasteiger partial charge is 0.454 e. The molecular formula is C23H27N5O3. The summed E-state index contributed by atoms with van der Waals surface area (Å²) in [6, 6.07) is 10.5. The van der Waals surface area contributed by atoms with Crippen molar-refractivity contribution in [3.8, 4) is 11.5 Å². The molecule has 5 heterocycles. The van der Waals surface area contributed by atoms with Gasteiger partial charge in [0.2, 0.25) is 6.79 Å². The van der Waals surface area contributed by atoms with Gasteiger partial charge in [0.15, 0.2) is 23.0 Å². The number of nitrogens with zero attached hydrogens (tertiary/aromatic N) is 5. The van der Waals surface area contributed by atoms with Gasteiger partial charge in [0, 0.05) is 32.1 Å². The Morgan fingerprint density at radius 3 is 2.84 bits per heavy atom. The number of piperidine rings is 1. The highest BCUT2D eigenvalue weighted by Gasteiger charge is 2.25. The van der Waals surface area contributed by atoms with E-state index in [1.807, 2.05) is 10.6 Å². The maximum Gasteiger partial charge on any atom is 0.231 e. The number of anilines is 1. The molecule has 6 rings (SSSR count). The molecule has 1 atom stereocenters. The zero-order valence-corrected chi connectivity index (χ0v) is 17.6. The second kappa shape index (κ2) is 8.01. The van der Waals surface area contributed by atoms with Crippen molar-refractivity contribution < 1.29 is 14.2 Å². The van der Waals surface area contributed by atoms with Gasteiger partial charge in [-0.3, -0.25) is 4.90 Å². The van der Waals surface area contributed by atoms with Gasteiger partial charge in [0.05, 0.1) is 25.1 Å². The number of aromatic nitrogens is 3. The standard InChI is InChI=1S/C23H27N5O3/c1-2-18(14-26(7-1)13-17-3-5-20-21(12-17)31-16-30-20)23-24-22-6-4-19(15-28(22)25-23)27-8-10-29-11-9-27/h3-6,12,15,18H,1-2,7-11,13-14,16H2/t18-/m1/s1. The molecule has 2 fully saturated rings. The van der Waals surface area contributed by atoms with E-state index in [0.29, 0.717) is 12.7 Å². The lowest BCUT2D eigenvalue weighted by molar-refractivity contribution is 0.122. The van der Waals surface area contributed by atoms with Crippen LogP contribution in [0.1, 0.15) is 30.1 Å². The molecule has 0 spiro atoms. The number of fused-ring (bicyclic) bond motifs is 2. The van der Waals surface area contributed by atoms with Crippen LogP contribution in [0, 0.1) is 0 Å². The van der Waals surface area contributed by atoms with Crippen LogP contribution in [0.2, 0.25) is 0 Å². The Balaban J connectivity index is 1.17. The zero-order valence-electron chi connectivity index (χ0n) is 17.6. The van der Waals surface area contributed by atoms with E-state index in [1.165, 1.54) is 11.3 Å². The van der Waals surface area contributed by atoms with Crippen molar-refractivity contribution in [2.24, 2.45) is 0 Å². The highest BCUT2D eigenvalue weighted by molar-refractivity contribution is 5.51. The molecule has 3 aliphatic rings. The van der Waals surface area contributed by atoms with E-state index in [4.69, 9.17) is 24.3 Å². The minimum Gasteiger partial charge on any atom is -0.454 e. The monoisotopic (exact) mass is 421 g/mol. The number of hydrogen-bond donors (Lipinski definition) is 0. The van der Waals surface area contributed by atoms with Crippen molar-refractivity contribution in [1.29, 1.82) is 0 Å². The summed E-state index contributed by atoms with van der Waals surface area (Å²) in [4.78, 5) is 9.70. The van der Waals surface area contributed by atoms with Crippen LogP contribution in [0.3, 0.4) is 0 Å². The van der Waals surface area contributed by atoms with Crippen LogP contribution in [0.5, 0.6) is 11.5 Å². The second-order valence-electron chi connectivity index (χ2n) is 8.52. The van der Waals surface area contributed by atoms with E-state index in [9.17, 15) is 0 Å². The third kappa shape index (κ3) is 3.81. The Bertz CT molecular complexity index is 1080. The Morgan fingerprint density at radius 1 is 1.00 bits per heavy atom. The first-order chi connectivity index (χ1) is 15.3. The van der Waals surface area contributed by atoms with Gasteiger partial charge in [-0.15, -0.1) is 0 Å². The number of hydrogen-bond acceptors (Lipinski definition) is 7. The summed E-state index contributed by atoms with van der Waals surface area (Å²) in [7, 11) is 0. The molecule has 0 saturated carbocycles. The van der Waals surface area contributed by atoms with Crippen molar-refractivity contribution >= 4 is 11.3 Å². The first-order valence-electron chi connectivity index (χ1n) is 11.1. The third-order valence-electron chi connectivity index (χ3n) is 6.42. The zero-order chi connectivity index (χ0) is 20.6. The molecule has 8 nitrogen and oxygen atoms in total. The highest BCUT2D eigenvalue weighted by Crippen LogP contribution is 2.33. The number of pyridine rings is 1. The number of likely N-dealkylation sites (tertiary alicyclic amines) is 1. The molecule has 2 aromatic heterocycles. The SMILES string of the molecule is c1cc2c(cc1CN1CCC[C@@H](c3nc4ccc(N5CCOCC5)cn4n3)C1)OCO2. The van der Waals surface area contributed by atoms with Gasteiger partial charge in [-0.05, 0) is 49.2 Å². The topological polar surface area (TPSA) is 64.4 Å². The van der Waals surface area contributed by atoms with Crippen molar-refractivity contribution in [3.05, 3.63) is 47.9 Å². The molecule has 2 saturated heterocycles. The Hall–Kier alpha value is -2.84. The predicted octanol–water partition coefficient (Wildman–Crippen LogP) is 2.67. The van der Waals surface area contributed by atoms with Gasteiger partial charge in [-0.25, -0.2) is 9.50 Å². The molecule has 0 radical (unpaired) electrons. The van der Waals surface area contributed by atoms with Crippen LogP contribution in [0.25, 0.3) is 5.65 Å². The first-order valence-corrected chi connectivity index (χ1v) is 11.1. The fourth-order valence-electron chi connectivity index (χ4n) is 4.78. The number of ether oxygens (including phenoxy) is 3. The van der Waals surface area contributed by atoms with Crippen molar-refractivity contribution in [1.82, 2.24) is 19.5 Å². The molecular weight excluding hydrogens is 394 g/mol.